The summed E-state index contributed by atoms with van der Waals surface area (Å²) in [4.78, 5) is 26.5. The largest absolute Gasteiger partial charge is 0.496 e. The third-order valence-corrected chi connectivity index (χ3v) is 7.02. The van der Waals surface area contributed by atoms with Crippen molar-refractivity contribution in [1.82, 2.24) is 0 Å². The highest BCUT2D eigenvalue weighted by molar-refractivity contribution is 6.49. The Morgan fingerprint density at radius 2 is 1.25 bits per heavy atom. The van der Waals surface area contributed by atoms with Crippen molar-refractivity contribution in [3.8, 4) is 45.6 Å². The van der Waals surface area contributed by atoms with Crippen LogP contribution < -0.4 is 28.4 Å². The fourth-order valence-corrected chi connectivity index (χ4v) is 4.89. The Kier molecular flexibility index (Phi) is 6.74. The van der Waals surface area contributed by atoms with E-state index in [1.807, 2.05) is 42.5 Å². The van der Waals surface area contributed by atoms with Crippen LogP contribution in [0, 0.1) is 0 Å². The van der Waals surface area contributed by atoms with Gasteiger partial charge in [0.05, 0.1) is 19.8 Å². The smallest absolute Gasteiger partial charge is 0.237 e. The van der Waals surface area contributed by atoms with E-state index in [-0.39, 0.29) is 24.7 Å². The lowest BCUT2D eigenvalue weighted by molar-refractivity contribution is 0.0815. The molecule has 0 amide bonds. The van der Waals surface area contributed by atoms with Crippen LogP contribution in [0.1, 0.15) is 31.8 Å². The first-order valence-electron chi connectivity index (χ1n) is 12.8. The summed E-state index contributed by atoms with van der Waals surface area (Å²) in [6, 6.07) is 21.8. The van der Waals surface area contributed by atoms with E-state index >= 15 is 0 Å². The topological polar surface area (TPSA) is 89.5 Å². The van der Waals surface area contributed by atoms with Crippen LogP contribution in [-0.2, 0) is 12.8 Å². The summed E-state index contributed by atoms with van der Waals surface area (Å²) in [6.07, 6.45) is 1.49. The van der Waals surface area contributed by atoms with Crippen molar-refractivity contribution in [2.45, 2.75) is 12.8 Å². The molecule has 0 atom stereocenters. The molecule has 0 spiro atoms. The van der Waals surface area contributed by atoms with E-state index in [0.29, 0.717) is 17.2 Å². The van der Waals surface area contributed by atoms with Crippen LogP contribution in [0.25, 0.3) is 11.1 Å². The molecule has 0 bridgehead atoms. The van der Waals surface area contributed by atoms with Gasteiger partial charge in [-0.15, -0.1) is 0 Å². The predicted molar refractivity (Wildman–Crippen MR) is 146 cm³/mol. The minimum Gasteiger partial charge on any atom is -0.496 e. The molecule has 2 aliphatic heterocycles. The van der Waals surface area contributed by atoms with Crippen molar-refractivity contribution in [3.05, 3.63) is 95.1 Å². The van der Waals surface area contributed by atoms with Crippen LogP contribution in [0.2, 0.25) is 0 Å². The van der Waals surface area contributed by atoms with Gasteiger partial charge in [0.2, 0.25) is 25.2 Å². The zero-order valence-corrected chi connectivity index (χ0v) is 22.0. The second kappa shape index (κ2) is 10.6. The highest BCUT2D eigenvalue weighted by Crippen LogP contribution is 2.36. The number of ketones is 2. The molecule has 8 nitrogen and oxygen atoms in total. The molecule has 0 unspecified atom stereocenters. The molecule has 0 saturated carbocycles. The number of carbonyl (C=O) groups is 2. The molecular weight excluding hydrogens is 512 g/mol. The highest BCUT2D eigenvalue weighted by Gasteiger charge is 2.25. The van der Waals surface area contributed by atoms with Gasteiger partial charge in [-0.25, -0.2) is 0 Å². The van der Waals surface area contributed by atoms with Crippen LogP contribution in [0.15, 0.2) is 72.8 Å². The Balaban J connectivity index is 1.27. The van der Waals surface area contributed by atoms with Gasteiger partial charge < -0.3 is 28.4 Å². The van der Waals surface area contributed by atoms with Crippen LogP contribution in [0.5, 0.6) is 34.5 Å². The summed E-state index contributed by atoms with van der Waals surface area (Å²) < 4.78 is 32.7. The molecular formula is C32H26O8. The molecule has 4 aromatic carbocycles. The van der Waals surface area contributed by atoms with Gasteiger partial charge in [-0.2, -0.15) is 0 Å². The van der Waals surface area contributed by atoms with Crippen molar-refractivity contribution in [2.24, 2.45) is 0 Å². The first kappa shape index (κ1) is 25.3. The van der Waals surface area contributed by atoms with Crippen LogP contribution >= 0.6 is 0 Å². The third kappa shape index (κ3) is 4.80. The Hall–Kier alpha value is -4.98. The molecule has 40 heavy (non-hydrogen) atoms. The molecule has 0 aliphatic carbocycles. The third-order valence-electron chi connectivity index (χ3n) is 7.02. The molecule has 2 aliphatic rings. The zero-order chi connectivity index (χ0) is 27.6. The quantitative estimate of drug-likeness (QED) is 0.199. The number of ether oxygens (including phenoxy) is 6. The lowest BCUT2D eigenvalue weighted by Crippen LogP contribution is -2.15. The summed E-state index contributed by atoms with van der Waals surface area (Å²) in [5.41, 5.74) is 4.19. The summed E-state index contributed by atoms with van der Waals surface area (Å²) in [5.74, 6) is 2.24. The van der Waals surface area contributed by atoms with E-state index in [1.165, 1.54) is 13.2 Å². The number of Topliss-reactive ketones (excluding diaryl/α,β-unsaturated/α-hetero) is 2. The van der Waals surface area contributed by atoms with E-state index in [9.17, 15) is 9.59 Å². The molecule has 0 radical (unpaired) electrons. The predicted octanol–water partition coefficient (Wildman–Crippen LogP) is 5.68. The number of hydrogen-bond donors (Lipinski definition) is 0. The minimum absolute atomic E-state index is 0.0807. The Morgan fingerprint density at radius 3 is 1.98 bits per heavy atom. The van der Waals surface area contributed by atoms with Gasteiger partial charge in [0.15, 0.2) is 23.0 Å². The van der Waals surface area contributed by atoms with Crippen molar-refractivity contribution in [1.29, 1.82) is 0 Å². The maximum Gasteiger partial charge on any atom is 0.237 e. The summed E-state index contributed by atoms with van der Waals surface area (Å²) in [5, 5.41) is 0. The van der Waals surface area contributed by atoms with Gasteiger partial charge in [0.25, 0.3) is 0 Å². The highest BCUT2D eigenvalue weighted by atomic mass is 16.7. The fraction of sp³-hybridized carbons (Fsp3) is 0.188. The van der Waals surface area contributed by atoms with Crippen molar-refractivity contribution in [3.63, 3.8) is 0 Å². The van der Waals surface area contributed by atoms with Gasteiger partial charge in [-0.1, -0.05) is 18.2 Å². The number of benzene rings is 4. The Bertz CT molecular complexity index is 1620. The monoisotopic (exact) mass is 538 g/mol. The number of carbonyl (C=O) groups excluding carboxylic acids is 2. The van der Waals surface area contributed by atoms with Crippen LogP contribution in [0.3, 0.4) is 0 Å². The lowest BCUT2D eigenvalue weighted by Gasteiger charge is -2.13. The fourth-order valence-electron chi connectivity index (χ4n) is 4.89. The van der Waals surface area contributed by atoms with E-state index in [2.05, 4.69) is 0 Å². The van der Waals surface area contributed by atoms with Gasteiger partial charge in [-0.05, 0) is 89.7 Å². The maximum absolute atomic E-state index is 13.4. The molecule has 2 heterocycles. The average Bonchev–Trinajstić information content (AvgIpc) is 3.67. The van der Waals surface area contributed by atoms with Crippen LogP contribution in [-0.4, -0.2) is 39.4 Å². The average molecular weight is 539 g/mol. The van der Waals surface area contributed by atoms with Crippen molar-refractivity contribution >= 4 is 11.6 Å². The first-order valence-corrected chi connectivity index (χ1v) is 12.8. The number of fused-ring (bicyclic) bond motifs is 2. The van der Waals surface area contributed by atoms with E-state index in [4.69, 9.17) is 28.4 Å². The van der Waals surface area contributed by atoms with Gasteiger partial charge in [0.1, 0.15) is 11.5 Å². The standard InChI is InChI=1S/C32H26O8/c1-35-25-10-6-20(14-22(25)5-3-19-4-9-27-29(13-19)39-17-37-27)21-7-11-26(36-2)24(15-21)32(34)31(33)23-8-12-28-30(16-23)40-18-38-28/h4,6-16H,3,5,17-18H2,1-2H3. The molecule has 4 aromatic rings. The molecule has 0 saturated heterocycles. The molecule has 0 N–H and O–H groups in total. The molecule has 0 fully saturated rings. The number of rotatable bonds is 9. The van der Waals surface area contributed by atoms with Crippen molar-refractivity contribution in [2.75, 3.05) is 27.8 Å². The normalized spacial score (nSPS) is 12.8. The Morgan fingerprint density at radius 1 is 0.625 bits per heavy atom. The minimum atomic E-state index is -0.672. The van der Waals surface area contributed by atoms with E-state index in [0.717, 1.165) is 52.3 Å². The second-order valence-electron chi connectivity index (χ2n) is 9.36. The van der Waals surface area contributed by atoms with Gasteiger partial charge in [-0.3, -0.25) is 9.59 Å². The van der Waals surface area contributed by atoms with E-state index < -0.39 is 11.6 Å². The van der Waals surface area contributed by atoms with Crippen molar-refractivity contribution < 1.29 is 38.0 Å². The molecule has 202 valence electrons. The molecule has 6 rings (SSSR count). The van der Waals surface area contributed by atoms with Gasteiger partial charge >= 0.3 is 0 Å². The number of aryl methyl sites for hydroxylation is 2. The van der Waals surface area contributed by atoms with Crippen LogP contribution in [0.4, 0.5) is 0 Å². The maximum atomic E-state index is 13.4. The summed E-state index contributed by atoms with van der Waals surface area (Å²) in [7, 11) is 3.11. The number of methoxy groups -OCH3 is 2. The second-order valence-corrected chi connectivity index (χ2v) is 9.36. The lowest BCUT2D eigenvalue weighted by atomic mass is 9.94. The molecule has 8 heteroatoms. The number of hydrogen-bond acceptors (Lipinski definition) is 8. The first-order chi connectivity index (χ1) is 19.5. The Labute approximate surface area is 231 Å². The molecule has 0 aromatic heterocycles. The summed E-state index contributed by atoms with van der Waals surface area (Å²) >= 11 is 0. The SMILES string of the molecule is COc1ccc(-c2ccc(OC)c(C(=O)C(=O)c3ccc4c(c3)OCO4)c2)cc1CCc1ccc2c(c1)OCO2. The zero-order valence-electron chi connectivity index (χ0n) is 22.0. The van der Waals surface area contributed by atoms with E-state index in [1.54, 1.807) is 31.4 Å². The van der Waals surface area contributed by atoms with Gasteiger partial charge in [0, 0.05) is 5.56 Å². The summed E-state index contributed by atoms with van der Waals surface area (Å²) in [6.45, 7) is 0.320.